The van der Waals surface area contributed by atoms with E-state index in [0.29, 0.717) is 5.69 Å². The van der Waals surface area contributed by atoms with Crippen LogP contribution in [0, 0.1) is 0 Å². The van der Waals surface area contributed by atoms with Crippen LogP contribution in [0.1, 0.15) is 10.4 Å². The Morgan fingerprint density at radius 1 is 1.06 bits per heavy atom. The van der Waals surface area contributed by atoms with Gasteiger partial charge >= 0.3 is 0 Å². The quantitative estimate of drug-likeness (QED) is 0.856. The number of aromatic hydroxyl groups is 1. The number of rotatable bonds is 2. The van der Waals surface area contributed by atoms with Crippen LogP contribution in [0.2, 0.25) is 5.02 Å². The third kappa shape index (κ3) is 2.57. The number of hydrogen-bond donors (Lipinski definition) is 2. The molecule has 0 aliphatic carbocycles. The summed E-state index contributed by atoms with van der Waals surface area (Å²) < 4.78 is 0. The number of carbonyl (C=O) groups excluding carboxylic acids is 1. The minimum Gasteiger partial charge on any atom is -0.507 e. The van der Waals surface area contributed by atoms with E-state index in [1.807, 2.05) is 18.2 Å². The van der Waals surface area contributed by atoms with E-state index in [0.717, 1.165) is 0 Å². The van der Waals surface area contributed by atoms with Crippen LogP contribution in [0.25, 0.3) is 0 Å². The molecule has 2 aromatic rings. The lowest BCUT2D eigenvalue weighted by Crippen LogP contribution is -2.12. The fraction of sp³-hybridized carbons (Fsp3) is 0. The molecule has 2 aromatic carbocycles. The Balaban J connectivity index is 2.27. The van der Waals surface area contributed by atoms with E-state index >= 15 is 0 Å². The summed E-state index contributed by atoms with van der Waals surface area (Å²) in [5.41, 5.74) is 0.731. The van der Waals surface area contributed by atoms with Gasteiger partial charge in [0.1, 0.15) is 11.3 Å². The summed E-state index contributed by atoms with van der Waals surface area (Å²) in [4.78, 5) is 11.9. The maximum absolute atomic E-state index is 11.9. The summed E-state index contributed by atoms with van der Waals surface area (Å²) in [6, 6.07) is 13.5. The molecule has 17 heavy (non-hydrogen) atoms. The molecule has 0 aliphatic heterocycles. The van der Waals surface area contributed by atoms with Crippen LogP contribution in [-0.2, 0) is 0 Å². The molecule has 0 aliphatic rings. The third-order valence-corrected chi connectivity index (χ3v) is 2.57. The summed E-state index contributed by atoms with van der Waals surface area (Å²) in [6.45, 7) is 0. The van der Waals surface area contributed by atoms with Crippen LogP contribution in [-0.4, -0.2) is 11.0 Å². The molecule has 0 saturated heterocycles. The number of para-hydroxylation sites is 1. The predicted octanol–water partition coefficient (Wildman–Crippen LogP) is 3.30. The third-order valence-electron chi connectivity index (χ3n) is 2.25. The summed E-state index contributed by atoms with van der Waals surface area (Å²) in [5.74, 6) is -0.565. The molecule has 2 N–H and O–H groups in total. The van der Waals surface area contributed by atoms with E-state index < -0.39 is 5.91 Å². The Bertz CT molecular complexity index is 520. The Labute approximate surface area is 104 Å². The fourth-order valence-corrected chi connectivity index (χ4v) is 1.71. The Hall–Kier alpha value is -2.00. The molecule has 0 fully saturated rings. The number of amides is 1. The molecule has 0 aromatic heterocycles. The standard InChI is InChI=1S/C13H10ClNO2/c14-10-7-4-8-11(16)12(10)13(17)15-9-5-2-1-3-6-9/h1-8,16H,(H,15,17). The van der Waals surface area contributed by atoms with E-state index in [-0.39, 0.29) is 16.3 Å². The summed E-state index contributed by atoms with van der Waals surface area (Å²) >= 11 is 5.87. The minimum atomic E-state index is -0.431. The SMILES string of the molecule is O=C(Nc1ccccc1)c1c(O)cccc1Cl. The zero-order chi connectivity index (χ0) is 12.3. The van der Waals surface area contributed by atoms with Gasteiger partial charge in [-0.1, -0.05) is 35.9 Å². The van der Waals surface area contributed by atoms with E-state index in [1.54, 1.807) is 24.3 Å². The van der Waals surface area contributed by atoms with Crippen LogP contribution >= 0.6 is 11.6 Å². The van der Waals surface area contributed by atoms with Crippen molar-refractivity contribution < 1.29 is 9.90 Å². The Kier molecular flexibility index (Phi) is 3.30. The fourth-order valence-electron chi connectivity index (χ4n) is 1.45. The smallest absolute Gasteiger partial charge is 0.260 e. The number of carbonyl (C=O) groups is 1. The second-order valence-electron chi connectivity index (χ2n) is 3.45. The molecule has 3 nitrogen and oxygen atoms in total. The first-order valence-electron chi connectivity index (χ1n) is 5.02. The van der Waals surface area contributed by atoms with Crippen LogP contribution in [0.15, 0.2) is 48.5 Å². The van der Waals surface area contributed by atoms with Crippen molar-refractivity contribution in [1.29, 1.82) is 0 Å². The summed E-state index contributed by atoms with van der Waals surface area (Å²) in [6.07, 6.45) is 0. The average molecular weight is 248 g/mol. The zero-order valence-electron chi connectivity index (χ0n) is 8.85. The van der Waals surface area contributed by atoms with Crippen molar-refractivity contribution in [3.63, 3.8) is 0 Å². The molecule has 0 bridgehead atoms. The summed E-state index contributed by atoms with van der Waals surface area (Å²) in [5, 5.41) is 12.5. The van der Waals surface area contributed by atoms with E-state index in [1.165, 1.54) is 6.07 Å². The lowest BCUT2D eigenvalue weighted by molar-refractivity contribution is 0.102. The largest absolute Gasteiger partial charge is 0.507 e. The summed E-state index contributed by atoms with van der Waals surface area (Å²) in [7, 11) is 0. The second kappa shape index (κ2) is 4.89. The molecule has 0 atom stereocenters. The minimum absolute atomic E-state index is 0.0815. The van der Waals surface area contributed by atoms with Gasteiger partial charge in [0.05, 0.1) is 5.02 Å². The van der Waals surface area contributed by atoms with Crippen molar-refractivity contribution >= 4 is 23.2 Å². The van der Waals surface area contributed by atoms with Gasteiger partial charge in [-0.15, -0.1) is 0 Å². The highest BCUT2D eigenvalue weighted by molar-refractivity contribution is 6.34. The topological polar surface area (TPSA) is 49.3 Å². The molecule has 0 heterocycles. The maximum Gasteiger partial charge on any atom is 0.260 e. The molecular formula is C13H10ClNO2. The van der Waals surface area contributed by atoms with Crippen LogP contribution in [0.5, 0.6) is 5.75 Å². The van der Waals surface area contributed by atoms with Gasteiger partial charge < -0.3 is 10.4 Å². The van der Waals surface area contributed by atoms with Crippen molar-refractivity contribution in [2.24, 2.45) is 0 Å². The van der Waals surface area contributed by atoms with Gasteiger partial charge in [0, 0.05) is 5.69 Å². The monoisotopic (exact) mass is 247 g/mol. The predicted molar refractivity (Wildman–Crippen MR) is 67.5 cm³/mol. The van der Waals surface area contributed by atoms with Crippen LogP contribution in [0.3, 0.4) is 0 Å². The second-order valence-corrected chi connectivity index (χ2v) is 3.86. The number of phenolic OH excluding ortho intramolecular Hbond substituents is 1. The van der Waals surface area contributed by atoms with E-state index in [4.69, 9.17) is 11.6 Å². The number of halogens is 1. The molecule has 0 spiro atoms. The van der Waals surface area contributed by atoms with Crippen molar-refractivity contribution in [1.82, 2.24) is 0 Å². The first-order chi connectivity index (χ1) is 8.18. The normalized spacial score (nSPS) is 9.94. The molecule has 86 valence electrons. The van der Waals surface area contributed by atoms with Gasteiger partial charge in [-0.3, -0.25) is 4.79 Å². The van der Waals surface area contributed by atoms with Gasteiger partial charge in [0.15, 0.2) is 0 Å². The van der Waals surface area contributed by atoms with E-state index in [9.17, 15) is 9.90 Å². The molecule has 4 heteroatoms. The van der Waals surface area contributed by atoms with Gasteiger partial charge in [0.25, 0.3) is 5.91 Å². The first kappa shape index (κ1) is 11.5. The van der Waals surface area contributed by atoms with Gasteiger partial charge in [0.2, 0.25) is 0 Å². The lowest BCUT2D eigenvalue weighted by atomic mass is 10.2. The number of benzene rings is 2. The van der Waals surface area contributed by atoms with Gasteiger partial charge in [-0.2, -0.15) is 0 Å². The lowest BCUT2D eigenvalue weighted by Gasteiger charge is -2.07. The van der Waals surface area contributed by atoms with Crippen molar-refractivity contribution in [3.05, 3.63) is 59.1 Å². The molecular weight excluding hydrogens is 238 g/mol. The Morgan fingerprint density at radius 3 is 2.41 bits per heavy atom. The molecule has 0 radical (unpaired) electrons. The van der Waals surface area contributed by atoms with Crippen molar-refractivity contribution in [2.75, 3.05) is 5.32 Å². The zero-order valence-corrected chi connectivity index (χ0v) is 9.61. The maximum atomic E-state index is 11.9. The molecule has 0 unspecified atom stereocenters. The Morgan fingerprint density at radius 2 is 1.76 bits per heavy atom. The number of phenols is 1. The molecule has 1 amide bonds. The molecule has 2 rings (SSSR count). The van der Waals surface area contributed by atoms with Crippen molar-refractivity contribution in [3.8, 4) is 5.75 Å². The highest BCUT2D eigenvalue weighted by atomic mass is 35.5. The number of hydrogen-bond acceptors (Lipinski definition) is 2. The average Bonchev–Trinajstić information content (AvgIpc) is 2.30. The van der Waals surface area contributed by atoms with Crippen LogP contribution < -0.4 is 5.32 Å². The van der Waals surface area contributed by atoms with E-state index in [2.05, 4.69) is 5.32 Å². The molecule has 0 saturated carbocycles. The van der Waals surface area contributed by atoms with Crippen molar-refractivity contribution in [2.45, 2.75) is 0 Å². The van der Waals surface area contributed by atoms with Crippen LogP contribution in [0.4, 0.5) is 5.69 Å². The number of nitrogens with one attached hydrogen (secondary N) is 1. The van der Waals surface area contributed by atoms with Gasteiger partial charge in [-0.25, -0.2) is 0 Å². The number of anilines is 1. The van der Waals surface area contributed by atoms with Gasteiger partial charge in [-0.05, 0) is 24.3 Å². The highest BCUT2D eigenvalue weighted by Gasteiger charge is 2.14. The highest BCUT2D eigenvalue weighted by Crippen LogP contribution is 2.26. The first-order valence-corrected chi connectivity index (χ1v) is 5.40.